The number of rotatable bonds is 4. The fourth-order valence-corrected chi connectivity index (χ4v) is 5.46. The number of nitrogens with two attached hydrogens (primary N) is 1. The van der Waals surface area contributed by atoms with E-state index < -0.39 is 5.60 Å². The van der Waals surface area contributed by atoms with Crippen LogP contribution in [0, 0.1) is 24.6 Å². The van der Waals surface area contributed by atoms with E-state index in [1.54, 1.807) is 31.1 Å². The fraction of sp³-hybridized carbons (Fsp3) is 0.458. The highest BCUT2D eigenvalue weighted by molar-refractivity contribution is 6.31. The van der Waals surface area contributed by atoms with E-state index in [1.807, 2.05) is 6.92 Å². The average Bonchev–Trinajstić information content (AvgIpc) is 3.54. The first-order chi connectivity index (χ1) is 16.1. The lowest BCUT2D eigenvalue weighted by Crippen LogP contribution is -2.23. The second kappa shape index (κ2) is 9.38. The highest BCUT2D eigenvalue weighted by atomic mass is 35.5. The second-order valence-electron chi connectivity index (χ2n) is 9.23. The van der Waals surface area contributed by atoms with E-state index in [4.69, 9.17) is 21.8 Å². The highest BCUT2D eigenvalue weighted by Crippen LogP contribution is 2.56. The van der Waals surface area contributed by atoms with Crippen LogP contribution in [0.25, 0.3) is 0 Å². The Kier molecular flexibility index (Phi) is 6.69. The lowest BCUT2D eigenvalue weighted by atomic mass is 9.92. The Balaban J connectivity index is 0.000000231. The SMILES string of the molecule is CNc1ccc(F)c(Cl)c1.Cc1coc(C2(O)CC3CC(c4nn(C)c(N)c4C=O)CC3C2)n1. The van der Waals surface area contributed by atoms with E-state index in [1.165, 1.54) is 12.1 Å². The normalized spacial score (nSPS) is 25.5. The monoisotopic (exact) mass is 489 g/mol. The summed E-state index contributed by atoms with van der Waals surface area (Å²) in [6.45, 7) is 1.86. The minimum Gasteiger partial charge on any atom is -0.446 e. The number of anilines is 2. The summed E-state index contributed by atoms with van der Waals surface area (Å²) < 4.78 is 19.5. The maximum Gasteiger partial charge on any atom is 0.226 e. The number of carbonyl (C=O) groups excluding carboxylic acids is 1. The van der Waals surface area contributed by atoms with E-state index in [0.29, 0.717) is 41.9 Å². The minimum absolute atomic E-state index is 0.145. The molecule has 0 saturated heterocycles. The third-order valence-corrected chi connectivity index (χ3v) is 7.22. The predicted octanol–water partition coefficient (Wildman–Crippen LogP) is 4.42. The van der Waals surface area contributed by atoms with Gasteiger partial charge in [0.15, 0.2) is 6.29 Å². The van der Waals surface area contributed by atoms with Crippen LogP contribution in [0.15, 0.2) is 28.9 Å². The quantitative estimate of drug-likeness (QED) is 0.464. The van der Waals surface area contributed by atoms with Gasteiger partial charge in [-0.15, -0.1) is 0 Å². The van der Waals surface area contributed by atoms with Crippen LogP contribution in [0.3, 0.4) is 0 Å². The van der Waals surface area contributed by atoms with Crippen LogP contribution in [0.1, 0.15) is 59.2 Å². The summed E-state index contributed by atoms with van der Waals surface area (Å²) in [6, 6.07) is 4.49. The molecule has 0 radical (unpaired) electrons. The number of aldehydes is 1. The number of fused-ring (bicyclic) bond motifs is 1. The molecule has 2 saturated carbocycles. The van der Waals surface area contributed by atoms with Crippen LogP contribution >= 0.6 is 11.6 Å². The van der Waals surface area contributed by atoms with Gasteiger partial charge in [0.05, 0.1) is 22.0 Å². The van der Waals surface area contributed by atoms with Gasteiger partial charge in [-0.2, -0.15) is 5.10 Å². The van der Waals surface area contributed by atoms with E-state index in [2.05, 4.69) is 15.4 Å². The molecule has 182 valence electrons. The Morgan fingerprint density at radius 2 is 2.03 bits per heavy atom. The molecule has 2 heterocycles. The van der Waals surface area contributed by atoms with Crippen molar-refractivity contribution in [1.82, 2.24) is 14.8 Å². The van der Waals surface area contributed by atoms with Gasteiger partial charge in [0.25, 0.3) is 0 Å². The number of aryl methyl sites for hydroxylation is 2. The Morgan fingerprint density at radius 3 is 2.56 bits per heavy atom. The van der Waals surface area contributed by atoms with Crippen molar-refractivity contribution in [3.63, 3.8) is 0 Å². The van der Waals surface area contributed by atoms with Gasteiger partial charge < -0.3 is 20.6 Å². The standard InChI is InChI=1S/C17H22N4O3.C7H7ClFN/c1-9-8-24-16(19-9)17(23)5-11-3-10(4-12(11)6-17)14-13(7-22)15(18)21(2)20-14;1-10-5-2-3-7(9)6(8)4-5/h7-8,10-12,23H,3-6,18H2,1-2H3;2-4,10H,1H3. The van der Waals surface area contributed by atoms with Crippen molar-refractivity contribution in [1.29, 1.82) is 0 Å². The molecule has 2 atom stereocenters. The summed E-state index contributed by atoms with van der Waals surface area (Å²) in [4.78, 5) is 15.7. The summed E-state index contributed by atoms with van der Waals surface area (Å²) in [7, 11) is 3.51. The first kappa shape index (κ1) is 24.2. The molecule has 2 unspecified atom stereocenters. The number of aromatic nitrogens is 3. The first-order valence-corrected chi connectivity index (χ1v) is 11.6. The first-order valence-electron chi connectivity index (χ1n) is 11.2. The molecule has 2 aliphatic rings. The van der Waals surface area contributed by atoms with Gasteiger partial charge in [-0.3, -0.25) is 9.48 Å². The molecule has 10 heteroatoms. The molecule has 8 nitrogen and oxygen atoms in total. The summed E-state index contributed by atoms with van der Waals surface area (Å²) in [5, 5.41) is 18.4. The largest absolute Gasteiger partial charge is 0.446 e. The van der Waals surface area contributed by atoms with Crippen molar-refractivity contribution in [2.75, 3.05) is 18.1 Å². The number of carbonyl (C=O) groups is 1. The zero-order valence-corrected chi connectivity index (χ0v) is 20.1. The van der Waals surface area contributed by atoms with Gasteiger partial charge in [-0.05, 0) is 62.6 Å². The number of halogens is 2. The van der Waals surface area contributed by atoms with Gasteiger partial charge in [0.1, 0.15) is 23.5 Å². The number of oxazole rings is 1. The lowest BCUT2D eigenvalue weighted by Gasteiger charge is -2.20. The fourth-order valence-electron chi connectivity index (χ4n) is 5.28. The predicted molar refractivity (Wildman–Crippen MR) is 127 cm³/mol. The van der Waals surface area contributed by atoms with Gasteiger partial charge in [-0.1, -0.05) is 11.6 Å². The molecule has 0 bridgehead atoms. The van der Waals surface area contributed by atoms with Crippen LogP contribution in [0.4, 0.5) is 15.9 Å². The average molecular weight is 490 g/mol. The molecule has 0 aliphatic heterocycles. The summed E-state index contributed by atoms with van der Waals surface area (Å²) in [5.74, 6) is 1.45. The Hall–Kier alpha value is -2.91. The van der Waals surface area contributed by atoms with Crippen LogP contribution < -0.4 is 11.1 Å². The Bertz CT molecular complexity index is 1180. The van der Waals surface area contributed by atoms with E-state index in [9.17, 15) is 14.3 Å². The van der Waals surface area contributed by atoms with Gasteiger partial charge in [0, 0.05) is 25.7 Å². The number of nitrogens with zero attached hydrogens (tertiary/aromatic N) is 3. The molecular weight excluding hydrogens is 461 g/mol. The van der Waals surface area contributed by atoms with Crippen molar-refractivity contribution >= 4 is 29.4 Å². The molecule has 0 amide bonds. The number of aliphatic hydroxyl groups is 1. The molecule has 1 aromatic carbocycles. The third kappa shape index (κ3) is 4.54. The number of benzene rings is 1. The van der Waals surface area contributed by atoms with Crippen LogP contribution in [0.5, 0.6) is 0 Å². The molecule has 3 aromatic rings. The molecule has 0 spiro atoms. The summed E-state index contributed by atoms with van der Waals surface area (Å²) in [6.07, 6.45) is 5.49. The Morgan fingerprint density at radius 1 is 1.35 bits per heavy atom. The smallest absolute Gasteiger partial charge is 0.226 e. The Labute approximate surface area is 202 Å². The van der Waals surface area contributed by atoms with Gasteiger partial charge in [0.2, 0.25) is 5.89 Å². The molecule has 2 aliphatic carbocycles. The van der Waals surface area contributed by atoms with Crippen molar-refractivity contribution in [2.24, 2.45) is 18.9 Å². The second-order valence-corrected chi connectivity index (χ2v) is 9.63. The number of hydrogen-bond donors (Lipinski definition) is 3. The number of nitrogen functional groups attached to an aromatic ring is 1. The zero-order chi connectivity index (χ0) is 24.6. The minimum atomic E-state index is -0.967. The lowest BCUT2D eigenvalue weighted by molar-refractivity contribution is 0.00748. The van der Waals surface area contributed by atoms with Crippen LogP contribution in [-0.4, -0.2) is 33.2 Å². The molecule has 2 fully saturated rings. The van der Waals surface area contributed by atoms with E-state index >= 15 is 0 Å². The zero-order valence-electron chi connectivity index (χ0n) is 19.4. The van der Waals surface area contributed by atoms with Crippen LogP contribution in [-0.2, 0) is 12.6 Å². The number of hydrogen-bond acceptors (Lipinski definition) is 7. The molecular formula is C24H29ClFN5O3. The summed E-state index contributed by atoms with van der Waals surface area (Å²) >= 11 is 5.48. The van der Waals surface area contributed by atoms with Crippen LogP contribution in [0.2, 0.25) is 5.02 Å². The molecule has 5 rings (SSSR count). The summed E-state index contributed by atoms with van der Waals surface area (Å²) in [5.41, 5.74) is 7.87. The highest BCUT2D eigenvalue weighted by Gasteiger charge is 2.52. The van der Waals surface area contributed by atoms with E-state index in [0.717, 1.165) is 36.2 Å². The number of nitrogens with one attached hydrogen (secondary N) is 1. The molecule has 2 aromatic heterocycles. The topological polar surface area (TPSA) is 119 Å². The van der Waals surface area contributed by atoms with Crippen molar-refractivity contribution in [3.8, 4) is 0 Å². The van der Waals surface area contributed by atoms with E-state index in [-0.39, 0.29) is 16.8 Å². The molecule has 4 N–H and O–H groups in total. The third-order valence-electron chi connectivity index (χ3n) is 6.93. The molecule has 34 heavy (non-hydrogen) atoms. The van der Waals surface area contributed by atoms with Gasteiger partial charge >= 0.3 is 0 Å². The van der Waals surface area contributed by atoms with Crippen molar-refractivity contribution in [2.45, 2.75) is 44.1 Å². The maximum absolute atomic E-state index is 12.5. The van der Waals surface area contributed by atoms with Gasteiger partial charge in [-0.25, -0.2) is 9.37 Å². The maximum atomic E-state index is 12.5. The van der Waals surface area contributed by atoms with Crippen molar-refractivity contribution in [3.05, 3.63) is 58.1 Å². The van der Waals surface area contributed by atoms with Crippen molar-refractivity contribution < 1.29 is 18.7 Å².